The van der Waals surface area contributed by atoms with Crippen LogP contribution in [0.5, 0.6) is 0 Å². The van der Waals surface area contributed by atoms with E-state index < -0.39 is 11.6 Å². The average Bonchev–Trinajstić information content (AvgIpc) is 2.15. The van der Waals surface area contributed by atoms with Gasteiger partial charge in [-0.3, -0.25) is 4.79 Å². The highest BCUT2D eigenvalue weighted by atomic mass is 16.6. The van der Waals surface area contributed by atoms with E-state index in [1.165, 1.54) is 0 Å². The van der Waals surface area contributed by atoms with Gasteiger partial charge in [0.25, 0.3) is 0 Å². The van der Waals surface area contributed by atoms with Gasteiger partial charge in [-0.15, -0.1) is 0 Å². The summed E-state index contributed by atoms with van der Waals surface area (Å²) in [5.41, 5.74) is -0.405. The highest BCUT2D eigenvalue weighted by Gasteiger charge is 2.33. The van der Waals surface area contributed by atoms with E-state index in [2.05, 4.69) is 0 Å². The molecule has 1 atom stereocenters. The second-order valence-electron chi connectivity index (χ2n) is 5.10. The molecule has 1 amide bonds. The van der Waals surface area contributed by atoms with Crippen molar-refractivity contribution in [3.05, 3.63) is 0 Å². The van der Waals surface area contributed by atoms with Gasteiger partial charge in [0.15, 0.2) is 0 Å². The molecule has 0 aromatic carbocycles. The van der Waals surface area contributed by atoms with Gasteiger partial charge in [0, 0.05) is 11.6 Å². The SMILES string of the molecule is CCOC(=O)CC(C)N(C(=O)OCC)C(C)(C)C. The molecule has 1 unspecified atom stereocenters. The number of hydrogen-bond acceptors (Lipinski definition) is 4. The summed E-state index contributed by atoms with van der Waals surface area (Å²) in [4.78, 5) is 25.0. The minimum Gasteiger partial charge on any atom is -0.466 e. The molecule has 5 nitrogen and oxygen atoms in total. The van der Waals surface area contributed by atoms with E-state index in [4.69, 9.17) is 9.47 Å². The van der Waals surface area contributed by atoms with Crippen molar-refractivity contribution in [1.29, 1.82) is 0 Å². The monoisotopic (exact) mass is 259 g/mol. The number of rotatable bonds is 5. The van der Waals surface area contributed by atoms with Gasteiger partial charge in [-0.25, -0.2) is 4.79 Å². The van der Waals surface area contributed by atoms with Crippen LogP contribution in [0.25, 0.3) is 0 Å². The lowest BCUT2D eigenvalue weighted by Gasteiger charge is -2.38. The van der Waals surface area contributed by atoms with Crippen LogP contribution in [0.3, 0.4) is 0 Å². The zero-order valence-corrected chi connectivity index (χ0v) is 12.3. The Bertz CT molecular complexity index is 283. The number of ether oxygens (including phenoxy) is 2. The van der Waals surface area contributed by atoms with Crippen molar-refractivity contribution < 1.29 is 19.1 Å². The third kappa shape index (κ3) is 5.38. The standard InChI is InChI=1S/C13H25NO4/c1-7-17-11(15)9-10(3)14(13(4,5)6)12(16)18-8-2/h10H,7-9H2,1-6H3. The second-order valence-corrected chi connectivity index (χ2v) is 5.10. The Morgan fingerprint density at radius 2 is 1.61 bits per heavy atom. The maximum Gasteiger partial charge on any atom is 0.410 e. The summed E-state index contributed by atoms with van der Waals surface area (Å²) in [6, 6.07) is -0.261. The van der Waals surface area contributed by atoms with Gasteiger partial charge in [0.1, 0.15) is 0 Å². The maximum atomic E-state index is 11.9. The summed E-state index contributed by atoms with van der Waals surface area (Å²) in [7, 11) is 0. The van der Waals surface area contributed by atoms with Crippen LogP contribution < -0.4 is 0 Å². The summed E-state index contributed by atoms with van der Waals surface area (Å²) in [5, 5.41) is 0. The third-order valence-corrected chi connectivity index (χ3v) is 2.40. The molecule has 0 saturated carbocycles. The van der Waals surface area contributed by atoms with Crippen molar-refractivity contribution in [1.82, 2.24) is 4.90 Å². The molecule has 0 heterocycles. The van der Waals surface area contributed by atoms with Gasteiger partial charge >= 0.3 is 12.1 Å². The molecule has 18 heavy (non-hydrogen) atoms. The highest BCUT2D eigenvalue weighted by molar-refractivity contribution is 5.73. The average molecular weight is 259 g/mol. The van der Waals surface area contributed by atoms with Crippen molar-refractivity contribution in [3.63, 3.8) is 0 Å². The van der Waals surface area contributed by atoms with Crippen LogP contribution in [-0.2, 0) is 14.3 Å². The van der Waals surface area contributed by atoms with E-state index in [0.717, 1.165) is 0 Å². The van der Waals surface area contributed by atoms with Crippen LogP contribution in [0.1, 0.15) is 48.0 Å². The van der Waals surface area contributed by atoms with Crippen LogP contribution in [0.4, 0.5) is 4.79 Å². The molecule has 0 spiro atoms. The zero-order valence-electron chi connectivity index (χ0n) is 12.3. The Labute approximate surface area is 109 Å². The predicted octanol–water partition coefficient (Wildman–Crippen LogP) is 2.59. The van der Waals surface area contributed by atoms with Gasteiger partial charge < -0.3 is 14.4 Å². The van der Waals surface area contributed by atoms with Crippen molar-refractivity contribution in [2.45, 2.75) is 59.5 Å². The van der Waals surface area contributed by atoms with Crippen molar-refractivity contribution in [3.8, 4) is 0 Å². The first-order valence-corrected chi connectivity index (χ1v) is 6.35. The molecule has 0 saturated heterocycles. The van der Waals surface area contributed by atoms with E-state index in [9.17, 15) is 9.59 Å². The fourth-order valence-electron chi connectivity index (χ4n) is 1.86. The number of hydrogen-bond donors (Lipinski definition) is 0. The van der Waals surface area contributed by atoms with Gasteiger partial charge in [-0.05, 0) is 41.5 Å². The minimum absolute atomic E-state index is 0.171. The fraction of sp³-hybridized carbons (Fsp3) is 0.846. The third-order valence-electron chi connectivity index (χ3n) is 2.40. The van der Waals surface area contributed by atoms with Crippen LogP contribution in [-0.4, -0.2) is 41.8 Å². The van der Waals surface area contributed by atoms with Crippen molar-refractivity contribution >= 4 is 12.1 Å². The first-order chi connectivity index (χ1) is 8.23. The Balaban J connectivity index is 4.76. The first-order valence-electron chi connectivity index (χ1n) is 6.35. The molecule has 0 radical (unpaired) electrons. The molecule has 0 aromatic heterocycles. The largest absolute Gasteiger partial charge is 0.466 e. The van der Waals surface area contributed by atoms with Crippen LogP contribution in [0.2, 0.25) is 0 Å². The normalized spacial score (nSPS) is 12.8. The smallest absolute Gasteiger partial charge is 0.410 e. The molecule has 0 aliphatic carbocycles. The van der Waals surface area contributed by atoms with Gasteiger partial charge in [-0.1, -0.05) is 0 Å². The fourth-order valence-corrected chi connectivity index (χ4v) is 1.86. The maximum absolute atomic E-state index is 11.9. The van der Waals surface area contributed by atoms with E-state index >= 15 is 0 Å². The second kappa shape index (κ2) is 7.24. The van der Waals surface area contributed by atoms with Gasteiger partial charge in [0.2, 0.25) is 0 Å². The summed E-state index contributed by atoms with van der Waals surface area (Å²) in [6.45, 7) is 11.7. The Morgan fingerprint density at radius 1 is 1.11 bits per heavy atom. The molecule has 0 aliphatic rings. The summed E-state index contributed by atoms with van der Waals surface area (Å²) in [6.07, 6.45) is -0.231. The molecular formula is C13H25NO4. The number of carbonyl (C=O) groups is 2. The zero-order chi connectivity index (χ0) is 14.3. The lowest BCUT2D eigenvalue weighted by Crippen LogP contribution is -2.51. The van der Waals surface area contributed by atoms with Crippen molar-refractivity contribution in [2.75, 3.05) is 13.2 Å². The number of carbonyl (C=O) groups excluding carboxylic acids is 2. The summed E-state index contributed by atoms with van der Waals surface area (Å²) >= 11 is 0. The van der Waals surface area contributed by atoms with Gasteiger partial charge in [0.05, 0.1) is 19.6 Å². The highest BCUT2D eigenvalue weighted by Crippen LogP contribution is 2.20. The molecule has 5 heteroatoms. The van der Waals surface area contributed by atoms with Crippen molar-refractivity contribution in [2.24, 2.45) is 0 Å². The van der Waals surface area contributed by atoms with Gasteiger partial charge in [-0.2, -0.15) is 0 Å². The van der Waals surface area contributed by atoms with Crippen LogP contribution in [0.15, 0.2) is 0 Å². The molecule has 0 aromatic rings. The summed E-state index contributed by atoms with van der Waals surface area (Å²) < 4.78 is 9.93. The molecular weight excluding hydrogens is 234 g/mol. The molecule has 0 fully saturated rings. The number of amides is 1. The molecule has 0 bridgehead atoms. The Kier molecular flexibility index (Phi) is 6.73. The molecule has 0 rings (SSSR count). The summed E-state index contributed by atoms with van der Waals surface area (Å²) in [5.74, 6) is -0.302. The number of nitrogens with zero attached hydrogens (tertiary/aromatic N) is 1. The Morgan fingerprint density at radius 3 is 2.00 bits per heavy atom. The lowest BCUT2D eigenvalue weighted by molar-refractivity contribution is -0.144. The lowest BCUT2D eigenvalue weighted by atomic mass is 10.0. The molecule has 0 aliphatic heterocycles. The minimum atomic E-state index is -0.405. The van der Waals surface area contributed by atoms with E-state index in [1.54, 1.807) is 18.7 Å². The number of esters is 1. The van der Waals surface area contributed by atoms with Crippen LogP contribution >= 0.6 is 0 Å². The van der Waals surface area contributed by atoms with Crippen LogP contribution in [0, 0.1) is 0 Å². The Hall–Kier alpha value is -1.26. The molecule has 106 valence electrons. The predicted molar refractivity (Wildman–Crippen MR) is 69.3 cm³/mol. The van der Waals surface area contributed by atoms with E-state index in [1.807, 2.05) is 27.7 Å². The van der Waals surface area contributed by atoms with E-state index in [0.29, 0.717) is 13.2 Å². The topological polar surface area (TPSA) is 55.8 Å². The van der Waals surface area contributed by atoms with E-state index in [-0.39, 0.29) is 18.4 Å². The first kappa shape index (κ1) is 16.7. The molecule has 0 N–H and O–H groups in total. The quantitative estimate of drug-likeness (QED) is 0.712.